The van der Waals surface area contributed by atoms with Crippen LogP contribution in [-0.4, -0.2) is 10.8 Å². The number of H-pyrrole nitrogens is 1. The molecule has 1 aliphatic carbocycles. The van der Waals surface area contributed by atoms with Crippen molar-refractivity contribution in [3.63, 3.8) is 0 Å². The molecule has 3 nitrogen and oxygen atoms in total. The van der Waals surface area contributed by atoms with Crippen LogP contribution < -0.4 is 5.73 Å². The molecule has 4 rings (SSSR count). The lowest BCUT2D eigenvalue weighted by Gasteiger charge is -2.15. The summed E-state index contributed by atoms with van der Waals surface area (Å²) in [4.78, 5) is 15.6. The van der Waals surface area contributed by atoms with E-state index < -0.39 is 0 Å². The number of rotatable bonds is 0. The summed E-state index contributed by atoms with van der Waals surface area (Å²) in [6.07, 6.45) is 0. The fraction of sp³-hybridized carbons (Fsp3) is 0. The van der Waals surface area contributed by atoms with Gasteiger partial charge in [-0.2, -0.15) is 0 Å². The van der Waals surface area contributed by atoms with Gasteiger partial charge in [-0.05, 0) is 11.6 Å². The van der Waals surface area contributed by atoms with E-state index in [1.54, 1.807) is 0 Å². The number of aromatic nitrogens is 1. The second-order valence-electron chi connectivity index (χ2n) is 4.52. The van der Waals surface area contributed by atoms with Gasteiger partial charge >= 0.3 is 0 Å². The molecule has 3 aromatic rings. The van der Waals surface area contributed by atoms with E-state index in [2.05, 4.69) is 4.98 Å². The van der Waals surface area contributed by atoms with Gasteiger partial charge < -0.3 is 10.7 Å². The Bertz CT molecular complexity index is 814. The lowest BCUT2D eigenvalue weighted by Crippen LogP contribution is -2.08. The number of hydrogen-bond acceptors (Lipinski definition) is 2. The highest BCUT2D eigenvalue weighted by Crippen LogP contribution is 2.42. The fourth-order valence-corrected chi connectivity index (χ4v) is 2.78. The minimum absolute atomic E-state index is 0.0719. The highest BCUT2D eigenvalue weighted by atomic mass is 16.1. The number of carbonyl (C=O) groups is 1. The second kappa shape index (κ2) is 3.01. The van der Waals surface area contributed by atoms with Gasteiger partial charge in [0, 0.05) is 27.6 Å². The van der Waals surface area contributed by atoms with E-state index in [4.69, 9.17) is 5.73 Å². The van der Waals surface area contributed by atoms with E-state index in [0.29, 0.717) is 5.82 Å². The molecule has 0 fully saturated rings. The van der Waals surface area contributed by atoms with Crippen LogP contribution in [0.15, 0.2) is 42.5 Å². The molecule has 2 aromatic carbocycles. The summed E-state index contributed by atoms with van der Waals surface area (Å²) in [6, 6.07) is 13.3. The molecule has 0 bridgehead atoms. The van der Waals surface area contributed by atoms with E-state index in [1.807, 2.05) is 42.5 Å². The lowest BCUT2D eigenvalue weighted by molar-refractivity contribution is 0.104. The molecule has 0 unspecified atom stereocenters. The molecule has 0 amide bonds. The minimum Gasteiger partial charge on any atom is -0.385 e. The Kier molecular flexibility index (Phi) is 1.59. The average molecular weight is 234 g/mol. The number of fused-ring (bicyclic) bond motifs is 2. The Labute approximate surface area is 103 Å². The number of benzene rings is 2. The van der Waals surface area contributed by atoms with Crippen LogP contribution in [0.25, 0.3) is 22.0 Å². The molecule has 3 N–H and O–H groups in total. The molecule has 0 aliphatic heterocycles. The molecule has 0 saturated heterocycles. The maximum atomic E-state index is 12.4. The summed E-state index contributed by atoms with van der Waals surface area (Å²) < 4.78 is 0. The molecule has 0 atom stereocenters. The third-order valence-electron chi connectivity index (χ3n) is 3.54. The zero-order valence-electron chi connectivity index (χ0n) is 9.53. The number of aromatic amines is 1. The average Bonchev–Trinajstić information content (AvgIpc) is 2.73. The normalized spacial score (nSPS) is 12.8. The summed E-state index contributed by atoms with van der Waals surface area (Å²) in [5, 5.41) is 0.943. The summed E-state index contributed by atoms with van der Waals surface area (Å²) >= 11 is 0. The summed E-state index contributed by atoms with van der Waals surface area (Å²) in [6.45, 7) is 0. The lowest BCUT2D eigenvalue weighted by atomic mass is 9.85. The second-order valence-corrected chi connectivity index (χ2v) is 4.52. The summed E-state index contributed by atoms with van der Waals surface area (Å²) in [5.41, 5.74) is 10.3. The van der Waals surface area contributed by atoms with Crippen LogP contribution >= 0.6 is 0 Å². The van der Waals surface area contributed by atoms with Gasteiger partial charge in [-0.1, -0.05) is 36.4 Å². The molecule has 1 aliphatic rings. The molecule has 3 heteroatoms. The SMILES string of the molecule is Nc1[nH]c2cccc3c2c1-c1ccccc1C3=O. The number of nitrogens with one attached hydrogen (secondary N) is 1. The Morgan fingerprint density at radius 2 is 1.61 bits per heavy atom. The van der Waals surface area contributed by atoms with Crippen molar-refractivity contribution < 1.29 is 4.79 Å². The number of nitrogen functional groups attached to an aromatic ring is 1. The van der Waals surface area contributed by atoms with Crippen molar-refractivity contribution in [2.75, 3.05) is 5.73 Å². The van der Waals surface area contributed by atoms with Gasteiger partial charge in [0.15, 0.2) is 5.78 Å². The Morgan fingerprint density at radius 1 is 0.889 bits per heavy atom. The van der Waals surface area contributed by atoms with Crippen LogP contribution in [0.1, 0.15) is 15.9 Å². The maximum Gasteiger partial charge on any atom is 0.194 e. The Hall–Kier alpha value is -2.55. The number of ketones is 1. The van der Waals surface area contributed by atoms with Crippen molar-refractivity contribution in [1.29, 1.82) is 0 Å². The number of anilines is 1. The first-order valence-electron chi connectivity index (χ1n) is 5.81. The van der Waals surface area contributed by atoms with E-state index in [0.717, 1.165) is 33.2 Å². The van der Waals surface area contributed by atoms with Gasteiger partial charge in [-0.15, -0.1) is 0 Å². The van der Waals surface area contributed by atoms with Crippen LogP contribution in [-0.2, 0) is 0 Å². The minimum atomic E-state index is 0.0719. The Balaban J connectivity index is 2.30. The molecular weight excluding hydrogens is 224 g/mol. The molecule has 0 radical (unpaired) electrons. The van der Waals surface area contributed by atoms with Crippen LogP contribution in [0, 0.1) is 0 Å². The predicted octanol–water partition coefficient (Wildman–Crippen LogP) is 2.96. The van der Waals surface area contributed by atoms with Crippen molar-refractivity contribution in [2.24, 2.45) is 0 Å². The van der Waals surface area contributed by atoms with Crippen LogP contribution in [0.2, 0.25) is 0 Å². The monoisotopic (exact) mass is 234 g/mol. The smallest absolute Gasteiger partial charge is 0.194 e. The van der Waals surface area contributed by atoms with Crippen molar-refractivity contribution in [2.45, 2.75) is 0 Å². The Morgan fingerprint density at radius 3 is 2.44 bits per heavy atom. The quantitative estimate of drug-likeness (QED) is 0.491. The molecule has 86 valence electrons. The van der Waals surface area contributed by atoms with Crippen LogP contribution in [0.3, 0.4) is 0 Å². The zero-order chi connectivity index (χ0) is 12.3. The van der Waals surface area contributed by atoms with Crippen molar-refractivity contribution in [3.8, 4) is 11.1 Å². The van der Waals surface area contributed by atoms with E-state index in [-0.39, 0.29) is 5.78 Å². The first-order chi connectivity index (χ1) is 8.77. The third kappa shape index (κ3) is 0.966. The number of carbonyl (C=O) groups excluding carboxylic acids is 1. The largest absolute Gasteiger partial charge is 0.385 e. The molecule has 1 heterocycles. The molecule has 0 saturated carbocycles. The molecule has 18 heavy (non-hydrogen) atoms. The summed E-state index contributed by atoms with van der Waals surface area (Å²) in [7, 11) is 0. The number of hydrogen-bond donors (Lipinski definition) is 2. The van der Waals surface area contributed by atoms with E-state index in [9.17, 15) is 4.79 Å². The van der Waals surface area contributed by atoms with Gasteiger partial charge in [0.05, 0.1) is 0 Å². The molecule has 0 spiro atoms. The van der Waals surface area contributed by atoms with E-state index >= 15 is 0 Å². The first kappa shape index (κ1) is 9.48. The predicted molar refractivity (Wildman–Crippen MR) is 71.6 cm³/mol. The topological polar surface area (TPSA) is 58.9 Å². The van der Waals surface area contributed by atoms with Gasteiger partial charge in [-0.3, -0.25) is 4.79 Å². The molecule has 1 aromatic heterocycles. The van der Waals surface area contributed by atoms with Crippen molar-refractivity contribution in [3.05, 3.63) is 53.6 Å². The van der Waals surface area contributed by atoms with Crippen LogP contribution in [0.5, 0.6) is 0 Å². The maximum absolute atomic E-state index is 12.4. The van der Waals surface area contributed by atoms with Crippen molar-refractivity contribution >= 4 is 22.5 Å². The highest BCUT2D eigenvalue weighted by Gasteiger charge is 2.27. The van der Waals surface area contributed by atoms with Crippen molar-refractivity contribution in [1.82, 2.24) is 4.98 Å². The van der Waals surface area contributed by atoms with Gasteiger partial charge in [0.25, 0.3) is 0 Å². The standard InChI is InChI=1S/C15H10N2O/c16-15-13-8-4-1-2-5-9(8)14(18)10-6-3-7-11(17-15)12(10)13/h1-7,17H,16H2. The van der Waals surface area contributed by atoms with Gasteiger partial charge in [0.2, 0.25) is 0 Å². The fourth-order valence-electron chi connectivity index (χ4n) is 2.78. The number of nitrogens with two attached hydrogens (primary N) is 1. The zero-order valence-corrected chi connectivity index (χ0v) is 9.53. The van der Waals surface area contributed by atoms with Crippen LogP contribution in [0.4, 0.5) is 5.82 Å². The van der Waals surface area contributed by atoms with E-state index in [1.165, 1.54) is 0 Å². The third-order valence-corrected chi connectivity index (χ3v) is 3.54. The highest BCUT2D eigenvalue weighted by molar-refractivity contribution is 6.27. The van der Waals surface area contributed by atoms with Gasteiger partial charge in [-0.25, -0.2) is 0 Å². The summed E-state index contributed by atoms with van der Waals surface area (Å²) in [5.74, 6) is 0.695. The first-order valence-corrected chi connectivity index (χ1v) is 5.81. The van der Waals surface area contributed by atoms with Gasteiger partial charge in [0.1, 0.15) is 5.82 Å². The molecular formula is C15H10N2O.